The number of hydrogen-bond acceptors (Lipinski definition) is 3. The van der Waals surface area contributed by atoms with Crippen LogP contribution in [0.3, 0.4) is 0 Å². The van der Waals surface area contributed by atoms with E-state index < -0.39 is 0 Å². The highest BCUT2D eigenvalue weighted by Crippen LogP contribution is 2.16. The predicted molar refractivity (Wildman–Crippen MR) is 70.7 cm³/mol. The quantitative estimate of drug-likeness (QED) is 0.845. The number of amides is 1. The summed E-state index contributed by atoms with van der Waals surface area (Å²) in [6.07, 6.45) is 2.41. The lowest BCUT2D eigenvalue weighted by molar-refractivity contribution is 0.0940. The Morgan fingerprint density at radius 3 is 2.94 bits per heavy atom. The van der Waals surface area contributed by atoms with Crippen molar-refractivity contribution in [2.75, 3.05) is 19.6 Å². The fourth-order valence-electron chi connectivity index (χ4n) is 2.73. The molecule has 100 valence electrons. The second-order valence-corrected chi connectivity index (χ2v) is 4.94. The standard InChI is InChI=1S/C13H22N4O/c1-4-17-7-5-6-11(17)8-14-13(18)12-9(2)15-16-10(12)3/h11H,4-8H2,1-3H3,(H,14,18)(H,15,16). The molecule has 1 saturated heterocycles. The van der Waals surface area contributed by atoms with Crippen LogP contribution in [0.2, 0.25) is 0 Å². The van der Waals surface area contributed by atoms with Crippen molar-refractivity contribution in [3.05, 3.63) is 17.0 Å². The molecule has 5 heteroatoms. The van der Waals surface area contributed by atoms with Gasteiger partial charge >= 0.3 is 0 Å². The number of aromatic nitrogens is 2. The molecule has 5 nitrogen and oxygen atoms in total. The zero-order valence-corrected chi connectivity index (χ0v) is 11.4. The van der Waals surface area contributed by atoms with E-state index in [1.165, 1.54) is 12.8 Å². The summed E-state index contributed by atoms with van der Waals surface area (Å²) < 4.78 is 0. The first-order valence-electron chi connectivity index (χ1n) is 6.67. The number of likely N-dealkylation sites (N-methyl/N-ethyl adjacent to an activating group) is 1. The molecular weight excluding hydrogens is 228 g/mol. The second kappa shape index (κ2) is 5.52. The van der Waals surface area contributed by atoms with Gasteiger partial charge in [-0.1, -0.05) is 6.92 Å². The smallest absolute Gasteiger partial charge is 0.255 e. The average Bonchev–Trinajstić information content (AvgIpc) is 2.93. The number of aromatic amines is 1. The Morgan fingerprint density at radius 1 is 1.56 bits per heavy atom. The van der Waals surface area contributed by atoms with E-state index in [4.69, 9.17) is 0 Å². The van der Waals surface area contributed by atoms with Crippen molar-refractivity contribution >= 4 is 5.91 Å². The van der Waals surface area contributed by atoms with Crippen molar-refractivity contribution in [3.63, 3.8) is 0 Å². The van der Waals surface area contributed by atoms with Crippen molar-refractivity contribution in [1.82, 2.24) is 20.4 Å². The van der Waals surface area contributed by atoms with E-state index in [0.717, 1.165) is 31.0 Å². The van der Waals surface area contributed by atoms with Gasteiger partial charge in [0.2, 0.25) is 0 Å². The largest absolute Gasteiger partial charge is 0.350 e. The number of H-pyrrole nitrogens is 1. The van der Waals surface area contributed by atoms with Crippen molar-refractivity contribution < 1.29 is 4.79 Å². The Balaban J connectivity index is 1.93. The number of likely N-dealkylation sites (tertiary alicyclic amines) is 1. The summed E-state index contributed by atoms with van der Waals surface area (Å²) in [5, 5.41) is 9.93. The van der Waals surface area contributed by atoms with E-state index in [0.29, 0.717) is 11.6 Å². The van der Waals surface area contributed by atoms with Crippen molar-refractivity contribution in [3.8, 4) is 0 Å². The van der Waals surface area contributed by atoms with Gasteiger partial charge in [-0.25, -0.2) is 0 Å². The first-order chi connectivity index (χ1) is 8.63. The molecule has 2 heterocycles. The summed E-state index contributed by atoms with van der Waals surface area (Å²) in [4.78, 5) is 14.5. The Bertz CT molecular complexity index is 407. The average molecular weight is 250 g/mol. The van der Waals surface area contributed by atoms with E-state index in [-0.39, 0.29) is 5.91 Å². The third kappa shape index (κ3) is 2.56. The third-order valence-electron chi connectivity index (χ3n) is 3.76. The number of nitrogens with one attached hydrogen (secondary N) is 2. The third-order valence-corrected chi connectivity index (χ3v) is 3.76. The zero-order valence-electron chi connectivity index (χ0n) is 11.4. The van der Waals surface area contributed by atoms with Crippen molar-refractivity contribution in [1.29, 1.82) is 0 Å². The van der Waals surface area contributed by atoms with Crippen LogP contribution in [-0.2, 0) is 0 Å². The molecule has 1 aromatic rings. The van der Waals surface area contributed by atoms with E-state index in [2.05, 4.69) is 27.3 Å². The summed E-state index contributed by atoms with van der Waals surface area (Å²) in [6.45, 7) is 8.85. The summed E-state index contributed by atoms with van der Waals surface area (Å²) in [6, 6.07) is 0.492. The Labute approximate surface area is 108 Å². The lowest BCUT2D eigenvalue weighted by Gasteiger charge is -2.22. The summed E-state index contributed by atoms with van der Waals surface area (Å²) in [5.41, 5.74) is 2.29. The molecule has 1 fully saturated rings. The van der Waals surface area contributed by atoms with Crippen LogP contribution in [0.1, 0.15) is 41.5 Å². The molecule has 1 amide bonds. The van der Waals surface area contributed by atoms with Gasteiger partial charge in [-0.15, -0.1) is 0 Å². The number of rotatable bonds is 4. The Hall–Kier alpha value is -1.36. The number of nitrogens with zero attached hydrogens (tertiary/aromatic N) is 2. The first-order valence-corrected chi connectivity index (χ1v) is 6.67. The molecule has 18 heavy (non-hydrogen) atoms. The maximum absolute atomic E-state index is 12.1. The van der Waals surface area contributed by atoms with E-state index >= 15 is 0 Å². The second-order valence-electron chi connectivity index (χ2n) is 4.94. The van der Waals surface area contributed by atoms with Gasteiger partial charge in [0.15, 0.2) is 0 Å². The Kier molecular flexibility index (Phi) is 4.01. The van der Waals surface area contributed by atoms with Gasteiger partial charge in [-0.05, 0) is 39.8 Å². The molecule has 0 bridgehead atoms. The predicted octanol–water partition coefficient (Wildman–Crippen LogP) is 1.24. The van der Waals surface area contributed by atoms with E-state index in [9.17, 15) is 4.79 Å². The van der Waals surface area contributed by atoms with Gasteiger partial charge in [0, 0.05) is 18.3 Å². The number of carbonyl (C=O) groups is 1. The van der Waals surface area contributed by atoms with Crippen LogP contribution < -0.4 is 5.32 Å². The lowest BCUT2D eigenvalue weighted by atomic mass is 10.1. The van der Waals surface area contributed by atoms with Gasteiger partial charge < -0.3 is 5.32 Å². The van der Waals surface area contributed by atoms with E-state index in [1.807, 2.05) is 13.8 Å². The highest BCUT2D eigenvalue weighted by Gasteiger charge is 2.24. The highest BCUT2D eigenvalue weighted by molar-refractivity contribution is 5.96. The van der Waals surface area contributed by atoms with Crippen LogP contribution in [0.5, 0.6) is 0 Å². The maximum Gasteiger partial charge on any atom is 0.255 e. The molecule has 1 aliphatic rings. The van der Waals surface area contributed by atoms with Crippen LogP contribution in [0.4, 0.5) is 0 Å². The minimum absolute atomic E-state index is 0.0123. The van der Waals surface area contributed by atoms with Crippen LogP contribution in [0, 0.1) is 13.8 Å². The molecule has 2 rings (SSSR count). The minimum atomic E-state index is -0.0123. The van der Waals surface area contributed by atoms with Crippen LogP contribution in [0.25, 0.3) is 0 Å². The fraction of sp³-hybridized carbons (Fsp3) is 0.692. The first kappa shape index (κ1) is 13.1. The van der Waals surface area contributed by atoms with Crippen molar-refractivity contribution in [2.24, 2.45) is 0 Å². The molecule has 1 aliphatic heterocycles. The normalized spacial score (nSPS) is 20.3. The monoisotopic (exact) mass is 250 g/mol. The van der Waals surface area contributed by atoms with Gasteiger partial charge in [-0.2, -0.15) is 5.10 Å². The maximum atomic E-state index is 12.1. The molecule has 1 aromatic heterocycles. The van der Waals surface area contributed by atoms with Gasteiger partial charge in [0.1, 0.15) is 0 Å². The van der Waals surface area contributed by atoms with Crippen LogP contribution in [-0.4, -0.2) is 46.7 Å². The van der Waals surface area contributed by atoms with E-state index in [1.54, 1.807) is 0 Å². The van der Waals surface area contributed by atoms with Gasteiger partial charge in [-0.3, -0.25) is 14.8 Å². The highest BCUT2D eigenvalue weighted by atomic mass is 16.1. The molecule has 1 unspecified atom stereocenters. The zero-order chi connectivity index (χ0) is 13.1. The molecule has 2 N–H and O–H groups in total. The summed E-state index contributed by atoms with van der Waals surface area (Å²) in [5.74, 6) is -0.0123. The number of aryl methyl sites for hydroxylation is 2. The molecular formula is C13H22N4O. The minimum Gasteiger partial charge on any atom is -0.350 e. The number of hydrogen-bond donors (Lipinski definition) is 2. The Morgan fingerprint density at radius 2 is 2.33 bits per heavy atom. The fourth-order valence-corrected chi connectivity index (χ4v) is 2.73. The lowest BCUT2D eigenvalue weighted by Crippen LogP contribution is -2.40. The summed E-state index contributed by atoms with van der Waals surface area (Å²) >= 11 is 0. The molecule has 0 saturated carbocycles. The molecule has 0 aromatic carbocycles. The molecule has 0 spiro atoms. The SMILES string of the molecule is CCN1CCCC1CNC(=O)c1c(C)n[nH]c1C. The topological polar surface area (TPSA) is 61.0 Å². The van der Waals surface area contributed by atoms with Gasteiger partial charge in [0.05, 0.1) is 11.3 Å². The van der Waals surface area contributed by atoms with Crippen LogP contribution >= 0.6 is 0 Å². The van der Waals surface area contributed by atoms with Gasteiger partial charge in [0.25, 0.3) is 5.91 Å². The number of carbonyl (C=O) groups excluding carboxylic acids is 1. The molecule has 0 radical (unpaired) electrons. The van der Waals surface area contributed by atoms with Crippen molar-refractivity contribution in [2.45, 2.75) is 39.7 Å². The molecule has 0 aliphatic carbocycles. The molecule has 1 atom stereocenters. The van der Waals surface area contributed by atoms with Crippen LogP contribution in [0.15, 0.2) is 0 Å². The summed E-state index contributed by atoms with van der Waals surface area (Å²) in [7, 11) is 0.